The van der Waals surface area contributed by atoms with Crippen LogP contribution in [0.1, 0.15) is 23.6 Å². The van der Waals surface area contributed by atoms with Crippen molar-refractivity contribution in [1.29, 1.82) is 0 Å². The van der Waals surface area contributed by atoms with Crippen LogP contribution in [-0.2, 0) is 0 Å². The molecule has 124 valence electrons. The van der Waals surface area contributed by atoms with Crippen molar-refractivity contribution in [3.63, 3.8) is 0 Å². The number of rotatable bonds is 3. The van der Waals surface area contributed by atoms with E-state index in [4.69, 9.17) is 16.7 Å². The maximum Gasteiger partial charge on any atom is 0.132 e. The second kappa shape index (κ2) is 6.69. The first kappa shape index (κ1) is 15.9. The molecule has 1 aliphatic rings. The topological polar surface area (TPSA) is 15.6 Å². The summed E-state index contributed by atoms with van der Waals surface area (Å²) in [5, 5.41) is 7.41. The third kappa shape index (κ3) is 3.15. The fourth-order valence-corrected chi connectivity index (χ4v) is 3.26. The molecule has 3 aromatic rings. The minimum absolute atomic E-state index is 0.00859. The van der Waals surface area contributed by atoms with Crippen molar-refractivity contribution in [3.05, 3.63) is 101 Å². The van der Waals surface area contributed by atoms with Crippen LogP contribution in [0.5, 0.6) is 0 Å². The van der Waals surface area contributed by atoms with Gasteiger partial charge in [0.05, 0.1) is 17.4 Å². The number of halogens is 2. The molecule has 0 saturated heterocycles. The van der Waals surface area contributed by atoms with E-state index < -0.39 is 0 Å². The highest BCUT2D eigenvalue weighted by molar-refractivity contribution is 6.30. The van der Waals surface area contributed by atoms with E-state index in [-0.39, 0.29) is 11.9 Å². The minimum Gasteiger partial charge on any atom is -0.257 e. The number of hydrogen-bond donors (Lipinski definition) is 0. The highest BCUT2D eigenvalue weighted by Crippen LogP contribution is 2.37. The van der Waals surface area contributed by atoms with Gasteiger partial charge in [-0.1, -0.05) is 60.1 Å². The Morgan fingerprint density at radius 2 is 1.56 bits per heavy atom. The van der Waals surface area contributed by atoms with Crippen molar-refractivity contribution < 1.29 is 4.39 Å². The number of anilines is 1. The standard InChI is InChI=1S/C21H16ClFN2/c22-16-12-10-15(11-13-16)21-14-20(18-8-4-5-9-19(18)23)24-25(21)17-6-2-1-3-7-17/h1-13,21H,14H2. The van der Waals surface area contributed by atoms with E-state index in [1.54, 1.807) is 12.1 Å². The van der Waals surface area contributed by atoms with Crippen molar-refractivity contribution in [2.24, 2.45) is 5.10 Å². The molecule has 0 bridgehead atoms. The molecule has 1 atom stereocenters. The van der Waals surface area contributed by atoms with Crippen molar-refractivity contribution in [1.82, 2.24) is 0 Å². The smallest absolute Gasteiger partial charge is 0.132 e. The zero-order valence-electron chi connectivity index (χ0n) is 13.4. The SMILES string of the molecule is Fc1ccccc1C1=NN(c2ccccc2)C(c2ccc(Cl)cc2)C1. The van der Waals surface area contributed by atoms with Crippen LogP contribution in [0.4, 0.5) is 10.1 Å². The maximum absolute atomic E-state index is 14.2. The summed E-state index contributed by atoms with van der Waals surface area (Å²) in [6.45, 7) is 0. The predicted octanol–water partition coefficient (Wildman–Crippen LogP) is 5.83. The molecule has 0 aromatic heterocycles. The molecule has 3 aromatic carbocycles. The molecule has 0 aliphatic carbocycles. The average molecular weight is 351 g/mol. The lowest BCUT2D eigenvalue weighted by Gasteiger charge is -2.24. The van der Waals surface area contributed by atoms with Gasteiger partial charge in [0.1, 0.15) is 5.82 Å². The van der Waals surface area contributed by atoms with Gasteiger partial charge in [-0.3, -0.25) is 5.01 Å². The zero-order valence-corrected chi connectivity index (χ0v) is 14.2. The molecule has 1 aliphatic heterocycles. The zero-order chi connectivity index (χ0) is 17.2. The van der Waals surface area contributed by atoms with Crippen LogP contribution in [0.25, 0.3) is 0 Å². The Kier molecular flexibility index (Phi) is 4.24. The summed E-state index contributed by atoms with van der Waals surface area (Å²) >= 11 is 6.03. The lowest BCUT2D eigenvalue weighted by Crippen LogP contribution is -2.18. The molecule has 1 unspecified atom stereocenters. The lowest BCUT2D eigenvalue weighted by atomic mass is 9.98. The molecule has 25 heavy (non-hydrogen) atoms. The van der Waals surface area contributed by atoms with Crippen molar-refractivity contribution in [2.75, 3.05) is 5.01 Å². The normalized spacial score (nSPS) is 16.8. The molecule has 0 fully saturated rings. The van der Waals surface area contributed by atoms with Gasteiger partial charge < -0.3 is 0 Å². The van der Waals surface area contributed by atoms with Crippen molar-refractivity contribution in [2.45, 2.75) is 12.5 Å². The third-order valence-electron chi connectivity index (χ3n) is 4.37. The summed E-state index contributed by atoms with van der Waals surface area (Å²) in [6, 6.07) is 24.5. The van der Waals surface area contributed by atoms with Crippen molar-refractivity contribution in [3.8, 4) is 0 Å². The quantitative estimate of drug-likeness (QED) is 0.579. The predicted molar refractivity (Wildman–Crippen MR) is 101 cm³/mol. The van der Waals surface area contributed by atoms with Gasteiger partial charge in [-0.15, -0.1) is 0 Å². The number of para-hydroxylation sites is 1. The van der Waals surface area contributed by atoms with Crippen LogP contribution in [0.2, 0.25) is 5.02 Å². The van der Waals surface area contributed by atoms with Crippen LogP contribution in [0.15, 0.2) is 84.0 Å². The Morgan fingerprint density at radius 1 is 0.880 bits per heavy atom. The number of benzene rings is 3. The van der Waals surface area contributed by atoms with E-state index in [0.717, 1.165) is 17.0 Å². The van der Waals surface area contributed by atoms with E-state index in [1.807, 2.05) is 65.7 Å². The average Bonchev–Trinajstić information content (AvgIpc) is 3.08. The van der Waals surface area contributed by atoms with Crippen LogP contribution in [-0.4, -0.2) is 5.71 Å². The molecule has 0 N–H and O–H groups in total. The third-order valence-corrected chi connectivity index (χ3v) is 4.62. The van der Waals surface area contributed by atoms with Gasteiger partial charge in [0.15, 0.2) is 0 Å². The Balaban J connectivity index is 1.77. The highest BCUT2D eigenvalue weighted by Gasteiger charge is 2.30. The Hall–Kier alpha value is -2.65. The van der Waals surface area contributed by atoms with E-state index in [0.29, 0.717) is 17.0 Å². The largest absolute Gasteiger partial charge is 0.257 e. The van der Waals surface area contributed by atoms with E-state index in [9.17, 15) is 4.39 Å². The number of hydrogen-bond acceptors (Lipinski definition) is 2. The van der Waals surface area contributed by atoms with E-state index in [1.165, 1.54) is 6.07 Å². The summed E-state index contributed by atoms with van der Waals surface area (Å²) in [5.41, 5.74) is 3.39. The van der Waals surface area contributed by atoms with Crippen LogP contribution in [0, 0.1) is 5.82 Å². The fraction of sp³-hybridized carbons (Fsp3) is 0.0952. The van der Waals surface area contributed by atoms with Gasteiger partial charge in [-0.05, 0) is 35.9 Å². The molecule has 2 nitrogen and oxygen atoms in total. The Bertz CT molecular complexity index is 907. The van der Waals surface area contributed by atoms with Crippen LogP contribution >= 0.6 is 11.6 Å². The van der Waals surface area contributed by atoms with Gasteiger partial charge in [0, 0.05) is 17.0 Å². The summed E-state index contributed by atoms with van der Waals surface area (Å²) in [4.78, 5) is 0. The van der Waals surface area contributed by atoms with Gasteiger partial charge in [0.2, 0.25) is 0 Å². The lowest BCUT2D eigenvalue weighted by molar-refractivity contribution is 0.624. The van der Waals surface area contributed by atoms with Gasteiger partial charge >= 0.3 is 0 Å². The molecule has 1 heterocycles. The highest BCUT2D eigenvalue weighted by atomic mass is 35.5. The van der Waals surface area contributed by atoms with E-state index in [2.05, 4.69) is 0 Å². The molecule has 4 rings (SSSR count). The van der Waals surface area contributed by atoms with Gasteiger partial charge in [0.25, 0.3) is 0 Å². The molecular formula is C21H16ClFN2. The molecule has 0 radical (unpaired) electrons. The molecule has 0 saturated carbocycles. The second-order valence-electron chi connectivity index (χ2n) is 5.98. The summed E-state index contributed by atoms with van der Waals surface area (Å²) in [6.07, 6.45) is 0.636. The Labute approximate surface area is 151 Å². The van der Waals surface area contributed by atoms with Gasteiger partial charge in [-0.25, -0.2) is 4.39 Å². The Morgan fingerprint density at radius 3 is 2.28 bits per heavy atom. The monoisotopic (exact) mass is 350 g/mol. The second-order valence-corrected chi connectivity index (χ2v) is 6.41. The maximum atomic E-state index is 14.2. The van der Waals surface area contributed by atoms with Crippen molar-refractivity contribution >= 4 is 23.0 Å². The molecular weight excluding hydrogens is 335 g/mol. The number of nitrogens with zero attached hydrogens (tertiary/aromatic N) is 2. The summed E-state index contributed by atoms with van der Waals surface area (Å²) in [7, 11) is 0. The first-order valence-electron chi connectivity index (χ1n) is 8.14. The first-order valence-corrected chi connectivity index (χ1v) is 8.52. The van der Waals surface area contributed by atoms with E-state index >= 15 is 0 Å². The van der Waals surface area contributed by atoms with Crippen LogP contribution < -0.4 is 5.01 Å². The summed E-state index contributed by atoms with van der Waals surface area (Å²) < 4.78 is 14.2. The van der Waals surface area contributed by atoms with Gasteiger partial charge in [-0.2, -0.15) is 5.10 Å². The summed E-state index contributed by atoms with van der Waals surface area (Å²) in [5.74, 6) is -0.244. The fourth-order valence-electron chi connectivity index (χ4n) is 3.13. The van der Waals surface area contributed by atoms with Crippen LogP contribution in [0.3, 0.4) is 0 Å². The molecule has 0 spiro atoms. The number of hydrazone groups is 1. The molecule has 0 amide bonds. The molecule has 4 heteroatoms. The first-order chi connectivity index (χ1) is 12.2. The minimum atomic E-state index is -0.244.